The Morgan fingerprint density at radius 3 is 2.14 bits per heavy atom. The molecule has 0 unspecified atom stereocenters. The SMILES string of the molecule is CO/N=C(\c1ccc(CC(=O)c2c(F)cccc2F)nc1)c1ccc(OC)nc1. The number of aromatic nitrogens is 2. The van der Waals surface area contributed by atoms with E-state index in [-0.39, 0.29) is 6.42 Å². The summed E-state index contributed by atoms with van der Waals surface area (Å²) in [5.41, 5.74) is 1.57. The lowest BCUT2D eigenvalue weighted by Crippen LogP contribution is -2.11. The van der Waals surface area contributed by atoms with E-state index in [1.165, 1.54) is 26.5 Å². The third-order valence-corrected chi connectivity index (χ3v) is 4.08. The van der Waals surface area contributed by atoms with Crippen LogP contribution in [0.25, 0.3) is 0 Å². The Morgan fingerprint density at radius 1 is 0.966 bits per heavy atom. The van der Waals surface area contributed by atoms with Crippen molar-refractivity contribution in [1.82, 2.24) is 9.97 Å². The molecule has 0 aliphatic rings. The zero-order valence-corrected chi connectivity index (χ0v) is 15.7. The number of nitrogens with zero attached hydrogens (tertiary/aromatic N) is 3. The maximum Gasteiger partial charge on any atom is 0.212 e. The number of ether oxygens (including phenoxy) is 1. The molecule has 0 aliphatic heterocycles. The predicted octanol–water partition coefficient (Wildman–Crippen LogP) is 3.59. The molecular weight excluding hydrogens is 380 g/mol. The molecule has 3 rings (SSSR count). The third-order valence-electron chi connectivity index (χ3n) is 4.08. The van der Waals surface area contributed by atoms with E-state index in [1.807, 2.05) is 0 Å². The van der Waals surface area contributed by atoms with Crippen LogP contribution in [0.3, 0.4) is 0 Å². The molecule has 0 atom stereocenters. The number of hydrogen-bond donors (Lipinski definition) is 0. The number of halogens is 2. The summed E-state index contributed by atoms with van der Waals surface area (Å²) in [5.74, 6) is -2.02. The highest BCUT2D eigenvalue weighted by Crippen LogP contribution is 2.17. The summed E-state index contributed by atoms with van der Waals surface area (Å²) >= 11 is 0. The van der Waals surface area contributed by atoms with Crippen molar-refractivity contribution < 1.29 is 23.1 Å². The van der Waals surface area contributed by atoms with E-state index in [1.54, 1.807) is 30.5 Å². The van der Waals surface area contributed by atoms with Crippen molar-refractivity contribution in [3.63, 3.8) is 0 Å². The number of hydrogen-bond acceptors (Lipinski definition) is 6. The first-order valence-corrected chi connectivity index (χ1v) is 8.57. The number of rotatable bonds is 7. The third kappa shape index (κ3) is 4.60. The van der Waals surface area contributed by atoms with E-state index in [9.17, 15) is 13.6 Å². The number of Topliss-reactive ketones (excluding diaryl/α,β-unsaturated/α-hetero) is 1. The lowest BCUT2D eigenvalue weighted by molar-refractivity contribution is 0.0984. The Balaban J connectivity index is 1.82. The average Bonchev–Trinajstić information content (AvgIpc) is 2.73. The van der Waals surface area contributed by atoms with E-state index >= 15 is 0 Å². The van der Waals surface area contributed by atoms with Crippen LogP contribution < -0.4 is 4.74 Å². The van der Waals surface area contributed by atoms with Gasteiger partial charge in [-0.3, -0.25) is 9.78 Å². The van der Waals surface area contributed by atoms with Crippen molar-refractivity contribution >= 4 is 11.5 Å². The number of carbonyl (C=O) groups excluding carboxylic acids is 1. The molecule has 2 aromatic heterocycles. The molecule has 0 fully saturated rings. The zero-order chi connectivity index (χ0) is 20.8. The Bertz CT molecular complexity index is 1020. The molecule has 0 spiro atoms. The van der Waals surface area contributed by atoms with Crippen molar-refractivity contribution in [2.24, 2.45) is 5.16 Å². The van der Waals surface area contributed by atoms with Crippen LogP contribution in [0.5, 0.6) is 5.88 Å². The number of carbonyl (C=O) groups is 1. The van der Waals surface area contributed by atoms with Gasteiger partial charge in [-0.25, -0.2) is 13.8 Å². The summed E-state index contributed by atoms with van der Waals surface area (Å²) in [7, 11) is 2.93. The van der Waals surface area contributed by atoms with Gasteiger partial charge in [0.1, 0.15) is 24.5 Å². The Morgan fingerprint density at radius 2 is 1.62 bits per heavy atom. The molecule has 6 nitrogen and oxygen atoms in total. The van der Waals surface area contributed by atoms with Crippen molar-refractivity contribution in [3.8, 4) is 5.88 Å². The topological polar surface area (TPSA) is 73.7 Å². The monoisotopic (exact) mass is 397 g/mol. The fourth-order valence-corrected chi connectivity index (χ4v) is 2.69. The van der Waals surface area contributed by atoms with Gasteiger partial charge in [0.25, 0.3) is 0 Å². The van der Waals surface area contributed by atoms with Gasteiger partial charge in [0.05, 0.1) is 19.1 Å². The second kappa shape index (κ2) is 9.01. The van der Waals surface area contributed by atoms with Gasteiger partial charge in [-0.15, -0.1) is 0 Å². The Kier molecular flexibility index (Phi) is 6.23. The standard InChI is InChI=1S/C21H17F2N3O3/c1-28-19-9-7-14(12-25-19)21(26-29-2)13-6-8-15(24-11-13)10-18(27)20-16(22)4-3-5-17(20)23/h3-9,11-12H,10H2,1-2H3/b26-21+. The summed E-state index contributed by atoms with van der Waals surface area (Å²) in [4.78, 5) is 25.5. The van der Waals surface area contributed by atoms with Gasteiger partial charge in [-0.2, -0.15) is 0 Å². The van der Waals surface area contributed by atoms with Crippen LogP contribution in [-0.2, 0) is 11.3 Å². The average molecular weight is 397 g/mol. The second-order valence-corrected chi connectivity index (χ2v) is 5.95. The van der Waals surface area contributed by atoms with Gasteiger partial charge < -0.3 is 9.57 Å². The van der Waals surface area contributed by atoms with E-state index in [4.69, 9.17) is 9.57 Å². The number of benzene rings is 1. The second-order valence-electron chi connectivity index (χ2n) is 5.95. The van der Waals surface area contributed by atoms with Crippen LogP contribution in [0.15, 0.2) is 60.0 Å². The Labute approximate surface area is 165 Å². The molecule has 0 amide bonds. The molecule has 0 N–H and O–H groups in total. The summed E-state index contributed by atoms with van der Waals surface area (Å²) in [6.07, 6.45) is 2.84. The van der Waals surface area contributed by atoms with Gasteiger partial charge in [0, 0.05) is 35.3 Å². The van der Waals surface area contributed by atoms with Gasteiger partial charge in [0.15, 0.2) is 5.78 Å². The summed E-state index contributed by atoms with van der Waals surface area (Å²) < 4.78 is 32.6. The van der Waals surface area contributed by atoms with Crippen molar-refractivity contribution in [3.05, 3.63) is 88.9 Å². The fourth-order valence-electron chi connectivity index (χ4n) is 2.69. The predicted molar refractivity (Wildman–Crippen MR) is 102 cm³/mol. The molecule has 0 saturated carbocycles. The number of pyridine rings is 2. The van der Waals surface area contributed by atoms with Gasteiger partial charge in [-0.05, 0) is 30.3 Å². The van der Waals surface area contributed by atoms with Crippen LogP contribution in [0.4, 0.5) is 8.78 Å². The maximum absolute atomic E-state index is 13.8. The summed E-state index contributed by atoms with van der Waals surface area (Å²) in [5, 5.41) is 4.01. The van der Waals surface area contributed by atoms with Crippen LogP contribution in [0.2, 0.25) is 0 Å². The number of methoxy groups -OCH3 is 1. The van der Waals surface area contributed by atoms with E-state index in [0.29, 0.717) is 28.4 Å². The van der Waals surface area contributed by atoms with Crippen LogP contribution in [-0.4, -0.2) is 35.7 Å². The minimum absolute atomic E-state index is 0.237. The van der Waals surface area contributed by atoms with Gasteiger partial charge >= 0.3 is 0 Å². The van der Waals surface area contributed by atoms with Crippen LogP contribution in [0, 0.1) is 11.6 Å². The number of oxime groups is 1. The molecule has 0 aliphatic carbocycles. The summed E-state index contributed by atoms with van der Waals surface area (Å²) in [6.45, 7) is 0. The first-order valence-electron chi connectivity index (χ1n) is 8.57. The lowest BCUT2D eigenvalue weighted by Gasteiger charge is -2.08. The lowest BCUT2D eigenvalue weighted by atomic mass is 10.0. The molecule has 8 heteroatoms. The van der Waals surface area contributed by atoms with E-state index in [2.05, 4.69) is 15.1 Å². The van der Waals surface area contributed by atoms with E-state index in [0.717, 1.165) is 12.1 Å². The molecule has 3 aromatic rings. The van der Waals surface area contributed by atoms with Crippen LogP contribution in [0.1, 0.15) is 27.2 Å². The fraction of sp³-hybridized carbons (Fsp3) is 0.143. The molecule has 2 heterocycles. The minimum atomic E-state index is -0.895. The molecule has 0 radical (unpaired) electrons. The first kappa shape index (κ1) is 20.1. The molecule has 29 heavy (non-hydrogen) atoms. The zero-order valence-electron chi connectivity index (χ0n) is 15.7. The highest BCUT2D eigenvalue weighted by atomic mass is 19.1. The van der Waals surface area contributed by atoms with Crippen molar-refractivity contribution in [1.29, 1.82) is 0 Å². The smallest absolute Gasteiger partial charge is 0.212 e. The summed E-state index contributed by atoms with van der Waals surface area (Å²) in [6, 6.07) is 10.0. The van der Waals surface area contributed by atoms with Crippen molar-refractivity contribution in [2.45, 2.75) is 6.42 Å². The number of ketones is 1. The quantitative estimate of drug-likeness (QED) is 0.346. The van der Waals surface area contributed by atoms with E-state index < -0.39 is 23.0 Å². The molecule has 1 aromatic carbocycles. The first-order chi connectivity index (χ1) is 14.0. The molecule has 0 saturated heterocycles. The van der Waals surface area contributed by atoms with Gasteiger partial charge in [-0.1, -0.05) is 11.2 Å². The molecular formula is C21H17F2N3O3. The molecule has 0 bridgehead atoms. The minimum Gasteiger partial charge on any atom is -0.481 e. The normalized spacial score (nSPS) is 11.2. The highest BCUT2D eigenvalue weighted by Gasteiger charge is 2.18. The Hall–Kier alpha value is -3.68. The largest absolute Gasteiger partial charge is 0.481 e. The molecule has 148 valence electrons. The highest BCUT2D eigenvalue weighted by molar-refractivity contribution is 6.12. The van der Waals surface area contributed by atoms with Crippen molar-refractivity contribution in [2.75, 3.05) is 14.2 Å². The maximum atomic E-state index is 13.8. The van der Waals surface area contributed by atoms with Crippen LogP contribution >= 0.6 is 0 Å². The van der Waals surface area contributed by atoms with Gasteiger partial charge in [0.2, 0.25) is 5.88 Å².